The smallest absolute Gasteiger partial charge is 0.317 e. The number of nitrogens with zero attached hydrogens (tertiary/aromatic N) is 1. The van der Waals surface area contributed by atoms with Crippen LogP contribution in [0.5, 0.6) is 0 Å². The van der Waals surface area contributed by atoms with Crippen LogP contribution >= 0.6 is 0 Å². The molecule has 0 aliphatic heterocycles. The predicted octanol–water partition coefficient (Wildman–Crippen LogP) is 0.934. The van der Waals surface area contributed by atoms with Crippen molar-refractivity contribution in [2.24, 2.45) is 5.73 Å². The van der Waals surface area contributed by atoms with Crippen molar-refractivity contribution in [2.75, 3.05) is 26.2 Å². The quantitative estimate of drug-likeness (QED) is 0.629. The van der Waals surface area contributed by atoms with Gasteiger partial charge < -0.3 is 10.8 Å². The molecule has 0 spiro atoms. The lowest BCUT2D eigenvalue weighted by Crippen LogP contribution is -2.30. The van der Waals surface area contributed by atoms with Crippen molar-refractivity contribution >= 4 is 5.97 Å². The number of rotatable bonds is 6. The Morgan fingerprint density at radius 1 is 1.57 bits per heavy atom. The van der Waals surface area contributed by atoms with Gasteiger partial charge >= 0.3 is 5.97 Å². The Morgan fingerprint density at radius 2 is 2.07 bits per heavy atom. The van der Waals surface area contributed by atoms with Gasteiger partial charge in [0.1, 0.15) is 0 Å². The van der Waals surface area contributed by atoms with E-state index in [0.717, 1.165) is 19.5 Å². The number of carboxylic acid groups (broad SMARTS) is 1. The summed E-state index contributed by atoms with van der Waals surface area (Å²) in [4.78, 5) is 12.1. The van der Waals surface area contributed by atoms with Crippen molar-refractivity contribution in [3.05, 3.63) is 12.7 Å². The highest BCUT2D eigenvalue weighted by Crippen LogP contribution is 1.89. The van der Waals surface area contributed by atoms with Gasteiger partial charge in [-0.15, -0.1) is 6.58 Å². The van der Waals surface area contributed by atoms with E-state index >= 15 is 0 Å². The van der Waals surface area contributed by atoms with Gasteiger partial charge in [0.2, 0.25) is 0 Å². The molecule has 0 aromatic heterocycles. The van der Waals surface area contributed by atoms with Crippen molar-refractivity contribution in [3.8, 4) is 0 Å². The molecular formula is C10H22N2O2. The Labute approximate surface area is 86.4 Å². The Bertz CT molecular complexity index is 149. The Kier molecular flexibility index (Phi) is 13.5. The third-order valence-corrected chi connectivity index (χ3v) is 1.51. The lowest BCUT2D eigenvalue weighted by Gasteiger charge is -2.15. The zero-order valence-electron chi connectivity index (χ0n) is 9.20. The lowest BCUT2D eigenvalue weighted by molar-refractivity contribution is -0.138. The van der Waals surface area contributed by atoms with Gasteiger partial charge in [0.25, 0.3) is 0 Å². The summed E-state index contributed by atoms with van der Waals surface area (Å²) >= 11 is 0. The molecule has 3 N–H and O–H groups in total. The van der Waals surface area contributed by atoms with Crippen LogP contribution in [0.4, 0.5) is 0 Å². The third-order valence-electron chi connectivity index (χ3n) is 1.51. The van der Waals surface area contributed by atoms with Crippen molar-refractivity contribution in [3.63, 3.8) is 0 Å². The van der Waals surface area contributed by atoms with Gasteiger partial charge in [0.05, 0.1) is 6.54 Å². The minimum atomic E-state index is -0.740. The van der Waals surface area contributed by atoms with Gasteiger partial charge in [-0.2, -0.15) is 0 Å². The maximum atomic E-state index is 10.2. The summed E-state index contributed by atoms with van der Waals surface area (Å²) in [6, 6.07) is 0. The fourth-order valence-electron chi connectivity index (χ4n) is 0.856. The second-order valence-corrected chi connectivity index (χ2v) is 2.79. The molecule has 0 rings (SSSR count). The zero-order chi connectivity index (χ0) is 11.4. The molecule has 0 amide bonds. The maximum Gasteiger partial charge on any atom is 0.317 e. The molecule has 0 bridgehead atoms. The summed E-state index contributed by atoms with van der Waals surface area (Å²) in [6.45, 7) is 9.82. The number of hydrogen-bond acceptors (Lipinski definition) is 3. The van der Waals surface area contributed by atoms with E-state index in [2.05, 4.69) is 6.58 Å². The van der Waals surface area contributed by atoms with Gasteiger partial charge in [-0.1, -0.05) is 19.9 Å². The molecule has 0 saturated heterocycles. The van der Waals surface area contributed by atoms with Gasteiger partial charge in [0.15, 0.2) is 0 Å². The Morgan fingerprint density at radius 3 is 2.29 bits per heavy atom. The second kappa shape index (κ2) is 12.1. The molecule has 0 aromatic carbocycles. The maximum absolute atomic E-state index is 10.2. The molecule has 4 nitrogen and oxygen atoms in total. The van der Waals surface area contributed by atoms with Crippen LogP contribution < -0.4 is 5.73 Å². The van der Waals surface area contributed by atoms with Gasteiger partial charge in [-0.3, -0.25) is 9.69 Å². The summed E-state index contributed by atoms with van der Waals surface area (Å²) in [5, 5.41) is 8.40. The highest BCUT2D eigenvalue weighted by atomic mass is 16.4. The summed E-state index contributed by atoms with van der Waals surface area (Å²) in [5.74, 6) is -0.740. The monoisotopic (exact) mass is 202 g/mol. The van der Waals surface area contributed by atoms with E-state index in [1.807, 2.05) is 18.7 Å². The first-order valence-electron chi connectivity index (χ1n) is 4.87. The van der Waals surface area contributed by atoms with Crippen LogP contribution in [0.2, 0.25) is 0 Å². The SMILES string of the molecule is C=CCN.CCCN(CC)CC(=O)O. The summed E-state index contributed by atoms with van der Waals surface area (Å²) in [6.07, 6.45) is 2.67. The van der Waals surface area contributed by atoms with Crippen molar-refractivity contribution in [2.45, 2.75) is 20.3 Å². The van der Waals surface area contributed by atoms with E-state index in [-0.39, 0.29) is 6.54 Å². The van der Waals surface area contributed by atoms with Crippen LogP contribution in [0.15, 0.2) is 12.7 Å². The molecule has 84 valence electrons. The molecule has 0 aliphatic rings. The van der Waals surface area contributed by atoms with Crippen LogP contribution in [-0.2, 0) is 4.79 Å². The topological polar surface area (TPSA) is 66.6 Å². The first-order valence-corrected chi connectivity index (χ1v) is 4.87. The van der Waals surface area contributed by atoms with E-state index in [4.69, 9.17) is 10.8 Å². The van der Waals surface area contributed by atoms with Crippen LogP contribution in [0, 0.1) is 0 Å². The van der Waals surface area contributed by atoms with Crippen LogP contribution in [0.3, 0.4) is 0 Å². The summed E-state index contributed by atoms with van der Waals surface area (Å²) in [5.41, 5.74) is 4.91. The Balaban J connectivity index is 0. The van der Waals surface area contributed by atoms with E-state index in [9.17, 15) is 4.79 Å². The van der Waals surface area contributed by atoms with Crippen molar-refractivity contribution in [1.82, 2.24) is 4.90 Å². The van der Waals surface area contributed by atoms with E-state index in [1.165, 1.54) is 0 Å². The molecule has 0 aliphatic carbocycles. The average Bonchev–Trinajstić information content (AvgIpc) is 2.17. The second-order valence-electron chi connectivity index (χ2n) is 2.79. The first kappa shape index (κ1) is 15.6. The van der Waals surface area contributed by atoms with E-state index < -0.39 is 5.97 Å². The molecular weight excluding hydrogens is 180 g/mol. The van der Waals surface area contributed by atoms with Gasteiger partial charge in [-0.25, -0.2) is 0 Å². The molecule has 0 fully saturated rings. The zero-order valence-corrected chi connectivity index (χ0v) is 9.20. The van der Waals surface area contributed by atoms with Crippen LogP contribution in [-0.4, -0.2) is 42.2 Å². The number of nitrogens with two attached hydrogens (primary N) is 1. The molecule has 0 aromatic rings. The number of likely N-dealkylation sites (N-methyl/N-ethyl adjacent to an activating group) is 1. The molecule has 0 unspecified atom stereocenters. The number of aliphatic carboxylic acids is 1. The number of carboxylic acids is 1. The average molecular weight is 202 g/mol. The highest BCUT2D eigenvalue weighted by molar-refractivity contribution is 5.69. The van der Waals surface area contributed by atoms with E-state index in [1.54, 1.807) is 6.08 Å². The largest absolute Gasteiger partial charge is 0.480 e. The fourth-order valence-corrected chi connectivity index (χ4v) is 0.856. The molecule has 0 heterocycles. The molecule has 0 atom stereocenters. The van der Waals surface area contributed by atoms with E-state index in [0.29, 0.717) is 6.54 Å². The van der Waals surface area contributed by atoms with Crippen molar-refractivity contribution in [1.29, 1.82) is 0 Å². The minimum absolute atomic E-state index is 0.171. The van der Waals surface area contributed by atoms with Crippen LogP contribution in [0.1, 0.15) is 20.3 Å². The fraction of sp³-hybridized carbons (Fsp3) is 0.700. The summed E-state index contributed by atoms with van der Waals surface area (Å²) < 4.78 is 0. The molecule has 0 radical (unpaired) electrons. The van der Waals surface area contributed by atoms with Crippen LogP contribution in [0.25, 0.3) is 0 Å². The predicted molar refractivity (Wildman–Crippen MR) is 59.3 cm³/mol. The standard InChI is InChI=1S/C7H15NO2.C3H7N/c1-3-5-8(4-2)6-7(9)10;1-2-3-4/h3-6H2,1-2H3,(H,9,10);2H,1,3-4H2. The molecule has 0 saturated carbocycles. The van der Waals surface area contributed by atoms with Crippen molar-refractivity contribution < 1.29 is 9.90 Å². The third kappa shape index (κ3) is 13.7. The molecule has 14 heavy (non-hydrogen) atoms. The highest BCUT2D eigenvalue weighted by Gasteiger charge is 2.04. The summed E-state index contributed by atoms with van der Waals surface area (Å²) in [7, 11) is 0. The first-order chi connectivity index (χ1) is 6.62. The minimum Gasteiger partial charge on any atom is -0.480 e. The normalized spacial score (nSPS) is 9.14. The Hall–Kier alpha value is -0.870. The lowest BCUT2D eigenvalue weighted by atomic mass is 10.4. The molecule has 4 heteroatoms. The number of carbonyl (C=O) groups is 1. The van der Waals surface area contributed by atoms with Gasteiger partial charge in [0, 0.05) is 6.54 Å². The van der Waals surface area contributed by atoms with Gasteiger partial charge in [-0.05, 0) is 19.5 Å². The number of hydrogen-bond donors (Lipinski definition) is 2.